The van der Waals surface area contributed by atoms with Gasteiger partial charge in [0.2, 0.25) is 0 Å². The number of aromatic amines is 1. The second-order valence-electron chi connectivity index (χ2n) is 5.90. The van der Waals surface area contributed by atoms with Crippen LogP contribution in [0.2, 0.25) is 0 Å². The summed E-state index contributed by atoms with van der Waals surface area (Å²) >= 11 is 8.27. The number of fused-ring (bicyclic) bond motifs is 1. The number of thioether (sulfide) groups is 1. The van der Waals surface area contributed by atoms with Crippen LogP contribution in [0, 0.1) is 3.95 Å². The fourth-order valence-electron chi connectivity index (χ4n) is 2.71. The molecule has 0 saturated heterocycles. The first-order valence-corrected chi connectivity index (χ1v) is 10.6. The molecule has 4 aromatic rings. The third kappa shape index (κ3) is 3.73. The number of rotatable bonds is 5. The van der Waals surface area contributed by atoms with Crippen molar-refractivity contribution in [1.29, 1.82) is 0 Å². The second kappa shape index (κ2) is 7.75. The van der Waals surface area contributed by atoms with E-state index in [2.05, 4.69) is 34.0 Å². The molecule has 27 heavy (non-hydrogen) atoms. The van der Waals surface area contributed by atoms with Crippen molar-refractivity contribution in [3.63, 3.8) is 0 Å². The number of thiazole rings is 1. The monoisotopic (exact) mass is 412 g/mol. The Hall–Kier alpha value is -2.29. The summed E-state index contributed by atoms with van der Waals surface area (Å²) < 4.78 is 3.03. The highest BCUT2D eigenvalue weighted by atomic mass is 32.2. The van der Waals surface area contributed by atoms with E-state index in [1.54, 1.807) is 6.20 Å². The van der Waals surface area contributed by atoms with Crippen LogP contribution in [-0.4, -0.2) is 19.5 Å². The van der Waals surface area contributed by atoms with Crippen LogP contribution in [0.1, 0.15) is 18.1 Å². The number of hydrogen-bond donors (Lipinski definition) is 1. The average Bonchev–Trinajstić information content (AvgIpc) is 3.04. The largest absolute Gasteiger partial charge is 0.300 e. The first-order chi connectivity index (χ1) is 13.2. The van der Waals surface area contributed by atoms with Crippen molar-refractivity contribution in [2.75, 3.05) is 0 Å². The summed E-state index contributed by atoms with van der Waals surface area (Å²) in [5.41, 5.74) is 3.69. The van der Waals surface area contributed by atoms with Gasteiger partial charge in [0.05, 0.1) is 0 Å². The summed E-state index contributed by atoms with van der Waals surface area (Å²) in [6.45, 7) is 2.12. The molecule has 0 saturated carbocycles. The number of nitrogens with one attached hydrogen (secondary N) is 1. The summed E-state index contributed by atoms with van der Waals surface area (Å²) in [7, 11) is 0. The molecule has 8 heteroatoms. The third-order valence-electron chi connectivity index (χ3n) is 4.12. The zero-order chi connectivity index (χ0) is 18.8. The third-order valence-corrected chi connectivity index (χ3v) is 6.43. The summed E-state index contributed by atoms with van der Waals surface area (Å²) in [6, 6.07) is 12.1. The topological polar surface area (TPSA) is 63.6 Å². The first-order valence-electron chi connectivity index (χ1n) is 8.42. The Morgan fingerprint density at radius 1 is 1.22 bits per heavy atom. The molecule has 1 N–H and O–H groups in total. The van der Waals surface area contributed by atoms with E-state index in [0.29, 0.717) is 25.2 Å². The van der Waals surface area contributed by atoms with E-state index < -0.39 is 0 Å². The van der Waals surface area contributed by atoms with Gasteiger partial charge in [-0.05, 0) is 48.0 Å². The zero-order valence-corrected chi connectivity index (χ0v) is 17.0. The zero-order valence-electron chi connectivity index (χ0n) is 14.5. The molecule has 0 aliphatic heterocycles. The fourth-order valence-corrected chi connectivity index (χ4v) is 4.77. The molecular formula is C19H16N4OS3. The lowest BCUT2D eigenvalue weighted by atomic mass is 10.1. The van der Waals surface area contributed by atoms with Crippen molar-refractivity contribution in [2.45, 2.75) is 24.3 Å². The highest BCUT2D eigenvalue weighted by Gasteiger charge is 2.14. The van der Waals surface area contributed by atoms with Gasteiger partial charge < -0.3 is 4.98 Å². The lowest BCUT2D eigenvalue weighted by Crippen LogP contribution is -2.09. The molecule has 3 aromatic heterocycles. The van der Waals surface area contributed by atoms with Gasteiger partial charge in [-0.25, -0.2) is 4.98 Å². The number of pyridine rings is 1. The quantitative estimate of drug-likeness (QED) is 0.291. The van der Waals surface area contributed by atoms with Crippen LogP contribution in [0.25, 0.3) is 16.0 Å². The van der Waals surface area contributed by atoms with Crippen LogP contribution in [-0.2, 0) is 12.2 Å². The standard InChI is InChI=1S/C19H16N4OS3/c1-2-12-5-7-14(8-6-12)23-16-15(27-19(23)25)17(24)22-18(21-16)26-11-13-4-3-9-20-10-13/h3-10H,2,11H2,1H3,(H,21,22,24). The van der Waals surface area contributed by atoms with Gasteiger partial charge >= 0.3 is 0 Å². The van der Waals surface area contributed by atoms with Crippen molar-refractivity contribution >= 4 is 45.7 Å². The molecule has 0 aliphatic carbocycles. The van der Waals surface area contributed by atoms with E-state index in [-0.39, 0.29) is 5.56 Å². The van der Waals surface area contributed by atoms with Crippen LogP contribution >= 0.6 is 35.3 Å². The molecule has 5 nitrogen and oxygen atoms in total. The van der Waals surface area contributed by atoms with Crippen molar-refractivity contribution in [1.82, 2.24) is 19.5 Å². The van der Waals surface area contributed by atoms with Gasteiger partial charge in [-0.15, -0.1) is 0 Å². The summed E-state index contributed by atoms with van der Waals surface area (Å²) in [5, 5.41) is 0.572. The van der Waals surface area contributed by atoms with Gasteiger partial charge in [0, 0.05) is 23.8 Å². The van der Waals surface area contributed by atoms with E-state index in [1.165, 1.54) is 28.7 Å². The van der Waals surface area contributed by atoms with Gasteiger partial charge in [-0.2, -0.15) is 0 Å². The van der Waals surface area contributed by atoms with E-state index in [0.717, 1.165) is 17.7 Å². The number of aromatic nitrogens is 4. The molecule has 0 atom stereocenters. The van der Waals surface area contributed by atoms with Gasteiger partial charge in [-0.1, -0.05) is 48.2 Å². The van der Waals surface area contributed by atoms with Crippen LogP contribution < -0.4 is 5.56 Å². The number of aryl methyl sites for hydroxylation is 1. The lowest BCUT2D eigenvalue weighted by Gasteiger charge is -2.06. The Morgan fingerprint density at radius 2 is 2.04 bits per heavy atom. The Bertz CT molecular complexity index is 1190. The van der Waals surface area contributed by atoms with E-state index in [1.807, 2.05) is 35.0 Å². The summed E-state index contributed by atoms with van der Waals surface area (Å²) in [4.78, 5) is 24.2. The Labute approximate surface area is 169 Å². The molecular weight excluding hydrogens is 396 g/mol. The van der Waals surface area contributed by atoms with Crippen LogP contribution in [0.15, 0.2) is 58.7 Å². The fraction of sp³-hybridized carbons (Fsp3) is 0.158. The molecule has 0 radical (unpaired) electrons. The minimum absolute atomic E-state index is 0.159. The Morgan fingerprint density at radius 3 is 2.74 bits per heavy atom. The lowest BCUT2D eigenvalue weighted by molar-refractivity contribution is 0.942. The molecule has 1 aromatic carbocycles. The normalized spacial score (nSPS) is 11.1. The van der Waals surface area contributed by atoms with Crippen molar-refractivity contribution < 1.29 is 0 Å². The SMILES string of the molecule is CCc1ccc(-n2c(=S)sc3c(=O)[nH]c(SCc4cccnc4)nc32)cc1. The van der Waals surface area contributed by atoms with Crippen LogP contribution in [0.3, 0.4) is 0 Å². The molecule has 0 fully saturated rings. The van der Waals surface area contributed by atoms with Crippen molar-refractivity contribution in [2.24, 2.45) is 0 Å². The second-order valence-corrected chi connectivity index (χ2v) is 8.51. The van der Waals surface area contributed by atoms with Gasteiger partial charge in [0.15, 0.2) is 14.8 Å². The smallest absolute Gasteiger partial charge is 0.271 e. The van der Waals surface area contributed by atoms with Crippen LogP contribution in [0.4, 0.5) is 0 Å². The number of H-pyrrole nitrogens is 1. The Balaban J connectivity index is 1.76. The highest BCUT2D eigenvalue weighted by molar-refractivity contribution is 7.98. The van der Waals surface area contributed by atoms with E-state index >= 15 is 0 Å². The van der Waals surface area contributed by atoms with Gasteiger partial charge in [0.25, 0.3) is 5.56 Å². The number of nitrogens with zero attached hydrogens (tertiary/aromatic N) is 3. The molecule has 136 valence electrons. The average molecular weight is 413 g/mol. The minimum atomic E-state index is -0.159. The van der Waals surface area contributed by atoms with Crippen molar-refractivity contribution in [3.05, 3.63) is 74.2 Å². The molecule has 0 aliphatic rings. The maximum absolute atomic E-state index is 12.5. The Kier molecular flexibility index (Phi) is 5.20. The van der Waals surface area contributed by atoms with Crippen LogP contribution in [0.5, 0.6) is 0 Å². The van der Waals surface area contributed by atoms with E-state index in [9.17, 15) is 4.79 Å². The van der Waals surface area contributed by atoms with Crippen molar-refractivity contribution in [3.8, 4) is 5.69 Å². The van der Waals surface area contributed by atoms with Gasteiger partial charge in [0.1, 0.15) is 4.70 Å². The van der Waals surface area contributed by atoms with Gasteiger partial charge in [-0.3, -0.25) is 14.3 Å². The summed E-state index contributed by atoms with van der Waals surface area (Å²) in [6.07, 6.45) is 4.53. The molecule has 0 spiro atoms. The highest BCUT2D eigenvalue weighted by Crippen LogP contribution is 2.26. The number of hydrogen-bond acceptors (Lipinski definition) is 6. The molecule has 4 rings (SSSR count). The first kappa shape index (κ1) is 18.1. The molecule has 0 bridgehead atoms. The molecule has 0 amide bonds. The minimum Gasteiger partial charge on any atom is -0.300 e. The molecule has 3 heterocycles. The maximum Gasteiger partial charge on any atom is 0.271 e. The van der Waals surface area contributed by atoms with E-state index in [4.69, 9.17) is 12.2 Å². The summed E-state index contributed by atoms with van der Waals surface area (Å²) in [5.74, 6) is 0.679. The predicted molar refractivity (Wildman–Crippen MR) is 114 cm³/mol. The number of benzene rings is 1. The predicted octanol–water partition coefficient (Wildman–Crippen LogP) is 4.75. The maximum atomic E-state index is 12.5. The molecule has 0 unspecified atom stereocenters.